The Balaban J connectivity index is 1.39. The molecule has 0 saturated heterocycles. The number of alkyl halides is 2. The van der Waals surface area contributed by atoms with Gasteiger partial charge in [0.05, 0.1) is 4.90 Å². The Hall–Kier alpha value is -2.73. The van der Waals surface area contributed by atoms with Gasteiger partial charge in [0.15, 0.2) is 0 Å². The zero-order chi connectivity index (χ0) is 23.2. The number of aromatic nitrogens is 5. The summed E-state index contributed by atoms with van der Waals surface area (Å²) in [7, 11) is -3.78. The molecule has 2 aromatic heterocycles. The van der Waals surface area contributed by atoms with E-state index in [-0.39, 0.29) is 28.7 Å². The molecule has 2 fully saturated rings. The van der Waals surface area contributed by atoms with Gasteiger partial charge in [0.2, 0.25) is 15.8 Å². The Labute approximate surface area is 189 Å². The van der Waals surface area contributed by atoms with Gasteiger partial charge < -0.3 is 9.09 Å². The second-order valence-corrected chi connectivity index (χ2v) is 10.6. The van der Waals surface area contributed by atoms with Crippen molar-refractivity contribution in [3.05, 3.63) is 42.3 Å². The zero-order valence-electron chi connectivity index (χ0n) is 18.0. The van der Waals surface area contributed by atoms with Gasteiger partial charge in [0.1, 0.15) is 12.7 Å². The van der Waals surface area contributed by atoms with Gasteiger partial charge in [0, 0.05) is 24.6 Å². The van der Waals surface area contributed by atoms with Gasteiger partial charge in [0.25, 0.3) is 5.89 Å². The molecule has 0 spiro atoms. The maximum atomic E-state index is 13.5. The average molecular weight is 479 g/mol. The van der Waals surface area contributed by atoms with E-state index in [4.69, 9.17) is 0 Å². The first kappa shape index (κ1) is 22.1. The molecule has 2 saturated carbocycles. The molecular formula is C21H24F2N6O3S. The molecule has 5 rings (SSSR count). The molecule has 9 nitrogen and oxygen atoms in total. The lowest BCUT2D eigenvalue weighted by atomic mass is 9.91. The van der Waals surface area contributed by atoms with Crippen molar-refractivity contribution in [1.82, 2.24) is 29.6 Å². The largest absolute Gasteiger partial charge is 0.332 e. The number of halogens is 2. The molecule has 33 heavy (non-hydrogen) atoms. The second-order valence-electron chi connectivity index (χ2n) is 8.89. The van der Waals surface area contributed by atoms with Gasteiger partial charge >= 0.3 is 5.92 Å². The summed E-state index contributed by atoms with van der Waals surface area (Å²) in [5.41, 5.74) is 1.10. The number of hydrogen-bond donors (Lipinski definition) is 1. The topological polar surface area (TPSA) is 116 Å². The highest BCUT2D eigenvalue weighted by molar-refractivity contribution is 7.89. The highest BCUT2D eigenvalue weighted by atomic mass is 32.2. The molecule has 2 atom stereocenters. The number of rotatable bonds is 7. The predicted octanol–water partition coefficient (Wildman–Crippen LogP) is 3.78. The van der Waals surface area contributed by atoms with Gasteiger partial charge in [-0.1, -0.05) is 5.16 Å². The van der Waals surface area contributed by atoms with Crippen LogP contribution in [0.15, 0.2) is 40.3 Å². The lowest BCUT2D eigenvalue weighted by molar-refractivity contribution is -0.0158. The Morgan fingerprint density at radius 2 is 1.91 bits per heavy atom. The molecule has 1 aromatic carbocycles. The summed E-state index contributed by atoms with van der Waals surface area (Å²) in [5, 5.41) is 11.3. The normalized spacial score (nSPS) is 21.9. The smallest absolute Gasteiger partial charge is 0.322 e. The number of nitrogens with one attached hydrogen (secondary N) is 1. The molecule has 0 radical (unpaired) electrons. The molecule has 3 aromatic rings. The quantitative estimate of drug-likeness (QED) is 0.549. The summed E-state index contributed by atoms with van der Waals surface area (Å²) in [6.45, 7) is 0.681. The van der Waals surface area contributed by atoms with Crippen molar-refractivity contribution >= 4 is 10.0 Å². The molecular weight excluding hydrogens is 454 g/mol. The van der Waals surface area contributed by atoms with Crippen LogP contribution in [0.3, 0.4) is 0 Å². The van der Waals surface area contributed by atoms with E-state index in [2.05, 4.69) is 29.6 Å². The van der Waals surface area contributed by atoms with Crippen molar-refractivity contribution in [2.45, 2.75) is 74.3 Å². The minimum absolute atomic E-state index is 0.00870. The Bertz CT molecular complexity index is 1240. The minimum Gasteiger partial charge on any atom is -0.332 e. The van der Waals surface area contributed by atoms with Crippen LogP contribution in [-0.4, -0.2) is 39.4 Å². The molecule has 2 unspecified atom stereocenters. The van der Waals surface area contributed by atoms with Gasteiger partial charge in [-0.05, 0) is 68.2 Å². The van der Waals surface area contributed by atoms with E-state index >= 15 is 0 Å². The third-order valence-corrected chi connectivity index (χ3v) is 7.80. The summed E-state index contributed by atoms with van der Waals surface area (Å²) in [5.74, 6) is -3.91. The summed E-state index contributed by atoms with van der Waals surface area (Å²) in [6.07, 6.45) is 8.31. The summed E-state index contributed by atoms with van der Waals surface area (Å²) >= 11 is 0. The van der Waals surface area contributed by atoms with Gasteiger partial charge in [-0.15, -0.1) is 10.2 Å². The zero-order valence-corrected chi connectivity index (χ0v) is 18.8. The fourth-order valence-electron chi connectivity index (χ4n) is 4.39. The first-order chi connectivity index (χ1) is 15.7. The van der Waals surface area contributed by atoms with E-state index in [0.717, 1.165) is 32.1 Å². The number of sulfonamides is 1. The van der Waals surface area contributed by atoms with Gasteiger partial charge in [-0.25, -0.2) is 13.1 Å². The number of benzene rings is 1. The number of nitrogens with zero attached hydrogens (tertiary/aromatic N) is 5. The van der Waals surface area contributed by atoms with Crippen molar-refractivity contribution < 1.29 is 21.7 Å². The number of hydrogen-bond acceptors (Lipinski definition) is 7. The molecule has 2 heterocycles. The van der Waals surface area contributed by atoms with Crippen LogP contribution in [0.4, 0.5) is 8.78 Å². The van der Waals surface area contributed by atoms with E-state index in [1.165, 1.54) is 12.1 Å². The standard InChI is InChI=1S/C21H24F2N6O3S/c1-21(22,23)20-26-19(27-32-20)14-7-8-18(17(9-14)13-5-6-13)33(30,31)28-15-3-2-4-16(10-15)29-11-24-25-12-29/h7-9,11-13,15-16,28H,2-6,10H2,1H3. The Kier molecular flexibility index (Phi) is 5.52. The molecule has 0 amide bonds. The summed E-state index contributed by atoms with van der Waals surface area (Å²) in [4.78, 5) is 4.00. The molecule has 176 valence electrons. The Morgan fingerprint density at radius 3 is 2.58 bits per heavy atom. The van der Waals surface area contributed by atoms with E-state index in [1.807, 2.05) is 4.57 Å². The van der Waals surface area contributed by atoms with Crippen LogP contribution in [-0.2, 0) is 15.9 Å². The van der Waals surface area contributed by atoms with Crippen LogP contribution in [0.5, 0.6) is 0 Å². The van der Waals surface area contributed by atoms with Crippen LogP contribution in [0.2, 0.25) is 0 Å². The van der Waals surface area contributed by atoms with E-state index < -0.39 is 21.8 Å². The summed E-state index contributed by atoms with van der Waals surface area (Å²) < 4.78 is 63.1. The molecule has 12 heteroatoms. The highest BCUT2D eigenvalue weighted by Gasteiger charge is 2.35. The van der Waals surface area contributed by atoms with Crippen LogP contribution in [0.25, 0.3) is 11.4 Å². The molecule has 2 aliphatic rings. The van der Waals surface area contributed by atoms with Crippen molar-refractivity contribution in [3.63, 3.8) is 0 Å². The SMILES string of the molecule is CC(F)(F)c1nc(-c2ccc(S(=O)(=O)NC3CCCC(n4cnnc4)C3)c(C3CC3)c2)no1. The molecule has 1 N–H and O–H groups in total. The monoisotopic (exact) mass is 478 g/mol. The van der Waals surface area contributed by atoms with E-state index in [1.54, 1.807) is 18.7 Å². The average Bonchev–Trinajstić information content (AvgIpc) is 3.24. The van der Waals surface area contributed by atoms with Crippen molar-refractivity contribution in [1.29, 1.82) is 0 Å². The van der Waals surface area contributed by atoms with Crippen molar-refractivity contribution in [2.75, 3.05) is 0 Å². The fraction of sp³-hybridized carbons (Fsp3) is 0.524. The Morgan fingerprint density at radius 1 is 1.15 bits per heavy atom. The first-order valence-electron chi connectivity index (χ1n) is 10.9. The molecule has 0 bridgehead atoms. The minimum atomic E-state index is -3.78. The van der Waals surface area contributed by atoms with E-state index in [0.29, 0.717) is 24.5 Å². The van der Waals surface area contributed by atoms with Crippen LogP contribution >= 0.6 is 0 Å². The van der Waals surface area contributed by atoms with E-state index in [9.17, 15) is 17.2 Å². The summed E-state index contributed by atoms with van der Waals surface area (Å²) in [6, 6.07) is 4.66. The van der Waals surface area contributed by atoms with Gasteiger partial charge in [-0.3, -0.25) is 0 Å². The maximum absolute atomic E-state index is 13.5. The lowest BCUT2D eigenvalue weighted by Crippen LogP contribution is -2.39. The lowest BCUT2D eigenvalue weighted by Gasteiger charge is -2.30. The molecule has 2 aliphatic carbocycles. The molecule has 0 aliphatic heterocycles. The van der Waals surface area contributed by atoms with Crippen molar-refractivity contribution in [3.8, 4) is 11.4 Å². The highest BCUT2D eigenvalue weighted by Crippen LogP contribution is 2.44. The van der Waals surface area contributed by atoms with Crippen LogP contribution < -0.4 is 4.72 Å². The third kappa shape index (κ3) is 4.67. The van der Waals surface area contributed by atoms with Gasteiger partial charge in [-0.2, -0.15) is 13.8 Å². The third-order valence-electron chi connectivity index (χ3n) is 6.20. The first-order valence-corrected chi connectivity index (χ1v) is 12.4. The van der Waals surface area contributed by atoms with Crippen LogP contribution in [0, 0.1) is 0 Å². The fourth-order valence-corrected chi connectivity index (χ4v) is 5.95. The predicted molar refractivity (Wildman–Crippen MR) is 113 cm³/mol. The van der Waals surface area contributed by atoms with Crippen molar-refractivity contribution in [2.24, 2.45) is 0 Å². The maximum Gasteiger partial charge on any atom is 0.322 e. The van der Waals surface area contributed by atoms with Crippen LogP contribution in [0.1, 0.15) is 68.9 Å². The second kappa shape index (κ2) is 8.24.